The Labute approximate surface area is 107 Å². The molecular weight excluding hydrogens is 230 g/mol. The van der Waals surface area contributed by atoms with Crippen molar-refractivity contribution in [2.75, 3.05) is 31.6 Å². The van der Waals surface area contributed by atoms with E-state index in [1.807, 2.05) is 6.07 Å². The summed E-state index contributed by atoms with van der Waals surface area (Å²) in [6.45, 7) is 4.94. The molecule has 0 aliphatic carbocycles. The summed E-state index contributed by atoms with van der Waals surface area (Å²) in [6, 6.07) is 4.07. The monoisotopic (exact) mass is 249 g/mol. The second-order valence-electron chi connectivity index (χ2n) is 4.64. The van der Waals surface area contributed by atoms with Crippen molar-refractivity contribution in [3.63, 3.8) is 0 Å². The van der Waals surface area contributed by atoms with Crippen LogP contribution < -0.4 is 10.6 Å². The molecular formula is C12H19N5O. The van der Waals surface area contributed by atoms with Crippen LogP contribution in [0.25, 0.3) is 0 Å². The average molecular weight is 249 g/mol. The highest BCUT2D eigenvalue weighted by molar-refractivity contribution is 6.01. The van der Waals surface area contributed by atoms with Gasteiger partial charge in [-0.1, -0.05) is 5.16 Å². The molecule has 1 aliphatic heterocycles. The smallest absolute Gasteiger partial charge is 0.173 e. The number of hydrogen-bond acceptors (Lipinski definition) is 5. The van der Waals surface area contributed by atoms with Crippen molar-refractivity contribution in [2.24, 2.45) is 10.9 Å². The lowest BCUT2D eigenvalue weighted by Crippen LogP contribution is -2.50. The van der Waals surface area contributed by atoms with Gasteiger partial charge in [0.25, 0.3) is 0 Å². The minimum Gasteiger partial charge on any atom is -0.409 e. The van der Waals surface area contributed by atoms with Crippen molar-refractivity contribution in [2.45, 2.75) is 13.0 Å². The van der Waals surface area contributed by atoms with E-state index in [1.54, 1.807) is 12.3 Å². The van der Waals surface area contributed by atoms with E-state index in [2.05, 4.69) is 33.9 Å². The zero-order valence-corrected chi connectivity index (χ0v) is 10.7. The van der Waals surface area contributed by atoms with E-state index in [0.717, 1.165) is 25.5 Å². The molecule has 0 amide bonds. The number of aromatic nitrogens is 1. The van der Waals surface area contributed by atoms with E-state index in [4.69, 9.17) is 10.9 Å². The van der Waals surface area contributed by atoms with Gasteiger partial charge in [-0.15, -0.1) is 0 Å². The molecule has 2 heterocycles. The number of piperazine rings is 1. The standard InChI is InChI=1S/C12H19N5O/c1-9-8-17(7-6-16(9)2)12-10(11(13)15-18)4-3-5-14-12/h3-5,9,18H,6-8H2,1-2H3,(H2,13,15). The largest absolute Gasteiger partial charge is 0.409 e. The fraction of sp³-hybridized carbons (Fsp3) is 0.500. The summed E-state index contributed by atoms with van der Waals surface area (Å²) < 4.78 is 0. The molecule has 1 aliphatic rings. The second kappa shape index (κ2) is 5.22. The highest BCUT2D eigenvalue weighted by Gasteiger charge is 2.23. The van der Waals surface area contributed by atoms with Crippen LogP contribution in [0.1, 0.15) is 12.5 Å². The van der Waals surface area contributed by atoms with Crippen LogP contribution in [0.2, 0.25) is 0 Å². The molecule has 6 heteroatoms. The van der Waals surface area contributed by atoms with Crippen molar-refractivity contribution in [1.82, 2.24) is 9.88 Å². The van der Waals surface area contributed by atoms with Crippen LogP contribution in [0.5, 0.6) is 0 Å². The quantitative estimate of drug-likeness (QED) is 0.341. The number of rotatable bonds is 2. The Morgan fingerprint density at radius 1 is 1.56 bits per heavy atom. The lowest BCUT2D eigenvalue weighted by atomic mass is 10.1. The number of hydrogen-bond donors (Lipinski definition) is 2. The number of nitrogens with zero attached hydrogens (tertiary/aromatic N) is 4. The van der Waals surface area contributed by atoms with E-state index in [0.29, 0.717) is 11.6 Å². The molecule has 3 N–H and O–H groups in total. The highest BCUT2D eigenvalue weighted by Crippen LogP contribution is 2.20. The minimum absolute atomic E-state index is 0.102. The number of oxime groups is 1. The Hall–Kier alpha value is -1.82. The Kier molecular flexibility index (Phi) is 3.66. The lowest BCUT2D eigenvalue weighted by Gasteiger charge is -2.38. The lowest BCUT2D eigenvalue weighted by molar-refractivity contribution is 0.233. The number of nitrogens with two attached hydrogens (primary N) is 1. The zero-order valence-electron chi connectivity index (χ0n) is 10.7. The van der Waals surface area contributed by atoms with Crippen LogP contribution in [-0.2, 0) is 0 Å². The molecule has 0 saturated carbocycles. The topological polar surface area (TPSA) is 78.0 Å². The average Bonchev–Trinajstić information content (AvgIpc) is 2.41. The summed E-state index contributed by atoms with van der Waals surface area (Å²) >= 11 is 0. The molecule has 1 fully saturated rings. The van der Waals surface area contributed by atoms with Gasteiger partial charge < -0.3 is 20.7 Å². The Morgan fingerprint density at radius 2 is 2.33 bits per heavy atom. The SMILES string of the molecule is CC1CN(c2ncccc2C(N)=NO)CCN1C. The van der Waals surface area contributed by atoms with Crippen molar-refractivity contribution < 1.29 is 5.21 Å². The van der Waals surface area contributed by atoms with Gasteiger partial charge in [-0.3, -0.25) is 0 Å². The van der Waals surface area contributed by atoms with Gasteiger partial charge in [0.15, 0.2) is 5.84 Å². The Balaban J connectivity index is 2.28. The molecule has 0 spiro atoms. The fourth-order valence-corrected chi connectivity index (χ4v) is 2.14. The van der Waals surface area contributed by atoms with Crippen molar-refractivity contribution in [3.8, 4) is 0 Å². The van der Waals surface area contributed by atoms with Gasteiger partial charge in [-0.2, -0.15) is 0 Å². The number of amidine groups is 1. The summed E-state index contributed by atoms with van der Waals surface area (Å²) in [5, 5.41) is 11.9. The van der Waals surface area contributed by atoms with Gasteiger partial charge in [0.05, 0.1) is 5.56 Å². The molecule has 1 atom stereocenters. The first-order valence-electron chi connectivity index (χ1n) is 6.01. The van der Waals surface area contributed by atoms with Gasteiger partial charge in [-0.25, -0.2) is 4.98 Å². The predicted molar refractivity (Wildman–Crippen MR) is 71.1 cm³/mol. The van der Waals surface area contributed by atoms with Gasteiger partial charge >= 0.3 is 0 Å². The van der Waals surface area contributed by atoms with E-state index in [-0.39, 0.29) is 5.84 Å². The highest BCUT2D eigenvalue weighted by atomic mass is 16.4. The zero-order chi connectivity index (χ0) is 13.1. The van der Waals surface area contributed by atoms with Crippen LogP contribution in [0.15, 0.2) is 23.5 Å². The first-order valence-corrected chi connectivity index (χ1v) is 6.01. The summed E-state index contributed by atoms with van der Waals surface area (Å²) in [6.07, 6.45) is 1.73. The third-order valence-electron chi connectivity index (χ3n) is 3.43. The van der Waals surface area contributed by atoms with Crippen molar-refractivity contribution in [3.05, 3.63) is 23.9 Å². The van der Waals surface area contributed by atoms with Gasteiger partial charge in [0.2, 0.25) is 0 Å². The molecule has 1 saturated heterocycles. The third-order valence-corrected chi connectivity index (χ3v) is 3.43. The van der Waals surface area contributed by atoms with Crippen LogP contribution >= 0.6 is 0 Å². The van der Waals surface area contributed by atoms with Crippen molar-refractivity contribution in [1.29, 1.82) is 0 Å². The van der Waals surface area contributed by atoms with Crippen molar-refractivity contribution >= 4 is 11.7 Å². The molecule has 2 rings (SSSR count). The van der Waals surface area contributed by atoms with E-state index in [1.165, 1.54) is 0 Å². The molecule has 1 unspecified atom stereocenters. The second-order valence-corrected chi connectivity index (χ2v) is 4.64. The summed E-state index contributed by atoms with van der Waals surface area (Å²) in [7, 11) is 2.12. The van der Waals surface area contributed by atoms with Gasteiger partial charge in [-0.05, 0) is 26.1 Å². The number of anilines is 1. The number of pyridine rings is 1. The van der Waals surface area contributed by atoms with Crippen LogP contribution in [0.4, 0.5) is 5.82 Å². The normalized spacial score (nSPS) is 22.2. The summed E-state index contributed by atoms with van der Waals surface area (Å²) in [5.74, 6) is 0.887. The number of likely N-dealkylation sites (N-methyl/N-ethyl adjacent to an activating group) is 1. The third kappa shape index (κ3) is 2.38. The first-order chi connectivity index (χ1) is 8.63. The fourth-order valence-electron chi connectivity index (χ4n) is 2.14. The Morgan fingerprint density at radius 3 is 3.00 bits per heavy atom. The Bertz CT molecular complexity index is 448. The van der Waals surface area contributed by atoms with Gasteiger partial charge in [0.1, 0.15) is 5.82 Å². The maximum absolute atomic E-state index is 8.81. The molecule has 1 aromatic heterocycles. The molecule has 0 aromatic carbocycles. The minimum atomic E-state index is 0.102. The molecule has 0 radical (unpaired) electrons. The van der Waals surface area contributed by atoms with E-state index in [9.17, 15) is 0 Å². The summed E-state index contributed by atoms with van der Waals surface area (Å²) in [4.78, 5) is 8.85. The molecule has 1 aromatic rings. The molecule has 18 heavy (non-hydrogen) atoms. The maximum Gasteiger partial charge on any atom is 0.173 e. The van der Waals surface area contributed by atoms with Crippen LogP contribution in [0, 0.1) is 0 Å². The van der Waals surface area contributed by atoms with Gasteiger partial charge in [0, 0.05) is 31.9 Å². The van der Waals surface area contributed by atoms with E-state index >= 15 is 0 Å². The summed E-state index contributed by atoms with van der Waals surface area (Å²) in [5.41, 5.74) is 6.36. The van der Waals surface area contributed by atoms with Crippen LogP contribution in [-0.4, -0.2) is 53.7 Å². The molecule has 0 bridgehead atoms. The first kappa shape index (κ1) is 12.6. The van der Waals surface area contributed by atoms with Crippen LogP contribution in [0.3, 0.4) is 0 Å². The maximum atomic E-state index is 8.81. The predicted octanol–water partition coefficient (Wildman–Crippen LogP) is 0.316. The molecule has 98 valence electrons. The molecule has 6 nitrogen and oxygen atoms in total. The van der Waals surface area contributed by atoms with E-state index < -0.39 is 0 Å².